The Bertz CT molecular complexity index is 4490. The van der Waals surface area contributed by atoms with Crippen LogP contribution in [0.25, 0.3) is 82.8 Å². The zero-order chi connectivity index (χ0) is 57.3. The van der Waals surface area contributed by atoms with Crippen LogP contribution in [0.4, 0.5) is 28.4 Å². The first-order chi connectivity index (χ1) is 40.6. The van der Waals surface area contributed by atoms with Crippen molar-refractivity contribution in [2.75, 3.05) is 10.2 Å². The molecule has 1 aromatic heterocycles. The highest BCUT2D eigenvalue weighted by Gasteiger charge is 2.41. The molecule has 0 saturated carbocycles. The lowest BCUT2D eigenvalue weighted by Crippen LogP contribution is -2.41. The van der Waals surface area contributed by atoms with Gasteiger partial charge in [0.2, 0.25) is 0 Å². The van der Waals surface area contributed by atoms with E-state index in [0.29, 0.717) is 0 Å². The Kier molecular flexibility index (Phi) is 12.0. The van der Waals surface area contributed by atoms with Crippen molar-refractivity contribution in [3.63, 3.8) is 0 Å². The minimum atomic E-state index is 0.0136. The van der Waals surface area contributed by atoms with E-state index in [1.54, 1.807) is 0 Å². The number of nitrogens with one attached hydrogen (secondary N) is 1. The molecule has 4 heteroatoms. The second-order valence-corrected chi connectivity index (χ2v) is 26.9. The molecule has 1 radical (unpaired) electrons. The van der Waals surface area contributed by atoms with Crippen LogP contribution in [-0.4, -0.2) is 11.8 Å². The average Bonchev–Trinajstić information content (AvgIpc) is 1.57. The topological polar surface area (TPSA) is 20.2 Å². The standard InChI is InChI=1S/C80H71BN3/c1-77(2)39-40-78(3,4)66-46-57(34-36-65(66)77)82-70-37-35-60(83(58-28-17-11-18-29-58)59-30-19-12-20-31-59)47-63(70)64-48-62(56-44-54(51-23-13-9-14-24-51)43-55(45-56)52-25-15-10-16-26-52)74-73-61-32-22-21-27-53(61)33-38-71(73)84-72-50-68-67(49-69(72)81-75(64)76(74)84)79(5,6)41-42-80(68,7)8/h9-38,43-50,82H,39-42H2,1-8H3. The van der Waals surface area contributed by atoms with E-state index >= 15 is 0 Å². The molecule has 3 aliphatic rings. The molecule has 2 aliphatic carbocycles. The van der Waals surface area contributed by atoms with E-state index in [1.807, 2.05) is 0 Å². The Balaban J connectivity index is 1.10. The van der Waals surface area contributed by atoms with E-state index in [2.05, 4.69) is 308 Å². The van der Waals surface area contributed by atoms with Crippen molar-refractivity contribution in [3.05, 3.63) is 253 Å². The summed E-state index contributed by atoms with van der Waals surface area (Å²) >= 11 is 0. The highest BCUT2D eigenvalue weighted by Crippen LogP contribution is 2.52. The molecule has 12 aromatic rings. The fraction of sp³-hybridized carbons (Fsp3) is 0.200. The van der Waals surface area contributed by atoms with Crippen molar-refractivity contribution in [1.82, 2.24) is 4.57 Å². The Morgan fingerprint density at radius 2 is 0.929 bits per heavy atom. The van der Waals surface area contributed by atoms with Crippen molar-refractivity contribution < 1.29 is 0 Å². The smallest absolute Gasteiger partial charge is 0.197 e. The predicted octanol–water partition coefficient (Wildman–Crippen LogP) is 20.5. The summed E-state index contributed by atoms with van der Waals surface area (Å²) in [6.07, 6.45) is 4.60. The van der Waals surface area contributed by atoms with Crippen LogP contribution in [0.5, 0.6) is 0 Å². The third-order valence-corrected chi connectivity index (χ3v) is 19.7. The van der Waals surface area contributed by atoms with Gasteiger partial charge in [0.05, 0.1) is 5.52 Å². The lowest BCUT2D eigenvalue weighted by atomic mass is 9.55. The normalized spacial score (nSPS) is 15.9. The molecule has 1 N–H and O–H groups in total. The minimum Gasteiger partial charge on any atom is -0.355 e. The van der Waals surface area contributed by atoms with Gasteiger partial charge in [-0.1, -0.05) is 200 Å². The molecule has 2 heterocycles. The number of fused-ring (bicyclic) bond motifs is 9. The second-order valence-electron chi connectivity index (χ2n) is 26.9. The van der Waals surface area contributed by atoms with Gasteiger partial charge in [-0.05, 0) is 216 Å². The Labute approximate surface area is 496 Å². The Morgan fingerprint density at radius 3 is 1.55 bits per heavy atom. The van der Waals surface area contributed by atoms with Crippen LogP contribution >= 0.6 is 0 Å². The van der Waals surface area contributed by atoms with Gasteiger partial charge in [0.15, 0.2) is 7.28 Å². The van der Waals surface area contributed by atoms with Gasteiger partial charge in [0.1, 0.15) is 0 Å². The molecule has 409 valence electrons. The van der Waals surface area contributed by atoms with Crippen LogP contribution in [0.1, 0.15) is 103 Å². The van der Waals surface area contributed by atoms with Gasteiger partial charge in [-0.2, -0.15) is 0 Å². The molecule has 0 fully saturated rings. The van der Waals surface area contributed by atoms with Crippen LogP contribution in [0.3, 0.4) is 0 Å². The molecule has 0 amide bonds. The maximum atomic E-state index is 4.18. The maximum absolute atomic E-state index is 4.18. The molecule has 0 atom stereocenters. The molecular formula is C80H71BN3. The summed E-state index contributed by atoms with van der Waals surface area (Å²) in [5.74, 6) is 0. The number of para-hydroxylation sites is 2. The average molecular weight is 1090 g/mol. The molecule has 0 unspecified atom stereocenters. The molecule has 1 aliphatic heterocycles. The van der Waals surface area contributed by atoms with Crippen LogP contribution in [-0.2, 0) is 21.7 Å². The summed E-state index contributed by atoms with van der Waals surface area (Å²) in [6, 6.07) is 86.8. The number of nitrogens with zero attached hydrogens (tertiary/aromatic N) is 2. The summed E-state index contributed by atoms with van der Waals surface area (Å²) in [6.45, 7) is 19.5. The highest BCUT2D eigenvalue weighted by atomic mass is 15.1. The molecule has 15 rings (SSSR count). The fourth-order valence-electron chi connectivity index (χ4n) is 14.7. The van der Waals surface area contributed by atoms with Gasteiger partial charge in [0, 0.05) is 56.0 Å². The number of benzene rings is 11. The molecule has 0 saturated heterocycles. The van der Waals surface area contributed by atoms with Gasteiger partial charge in [-0.15, -0.1) is 0 Å². The first-order valence-corrected chi connectivity index (χ1v) is 30.4. The van der Waals surface area contributed by atoms with E-state index in [9.17, 15) is 0 Å². The van der Waals surface area contributed by atoms with Crippen molar-refractivity contribution >= 4 is 79.2 Å². The van der Waals surface area contributed by atoms with Crippen LogP contribution in [0.2, 0.25) is 0 Å². The lowest BCUT2D eigenvalue weighted by Gasteiger charge is -2.43. The molecule has 84 heavy (non-hydrogen) atoms. The van der Waals surface area contributed by atoms with E-state index in [0.717, 1.165) is 53.3 Å². The van der Waals surface area contributed by atoms with E-state index in [1.165, 1.54) is 117 Å². The van der Waals surface area contributed by atoms with Crippen molar-refractivity contribution in [1.29, 1.82) is 0 Å². The summed E-state index contributed by atoms with van der Waals surface area (Å²) in [5, 5.41) is 9.22. The van der Waals surface area contributed by atoms with E-state index in [4.69, 9.17) is 0 Å². The summed E-state index contributed by atoms with van der Waals surface area (Å²) in [4.78, 5) is 2.41. The molecule has 0 bridgehead atoms. The summed E-state index contributed by atoms with van der Waals surface area (Å²) in [7, 11) is 2.57. The largest absolute Gasteiger partial charge is 0.355 e. The van der Waals surface area contributed by atoms with Crippen molar-refractivity contribution in [3.8, 4) is 50.2 Å². The highest BCUT2D eigenvalue weighted by molar-refractivity contribution is 6.74. The van der Waals surface area contributed by atoms with Crippen molar-refractivity contribution in [2.45, 2.75) is 103 Å². The number of aromatic nitrogens is 1. The minimum absolute atomic E-state index is 0.0136. The third kappa shape index (κ3) is 8.54. The van der Waals surface area contributed by atoms with Gasteiger partial charge in [-0.25, -0.2) is 0 Å². The molecule has 0 spiro atoms. The zero-order valence-corrected chi connectivity index (χ0v) is 49.7. The molecule has 11 aromatic carbocycles. The Hall–Kier alpha value is -8.86. The SMILES string of the molecule is CC1(C)CCC(C)(C)c2cc(Nc3ccc(N(c4ccccc4)c4ccccc4)cc3-c3cc(-c4cc(-c5ccccc5)cc(-c5ccccc5)c4)c4c5c6ccccc6ccc5n5c4c3[B]c3cc4c(cc3-5)C(C)(C)CCC4(C)C)ccc21. The quantitative estimate of drug-likeness (QED) is 0.145. The van der Waals surface area contributed by atoms with Crippen LogP contribution in [0.15, 0.2) is 231 Å². The number of rotatable bonds is 9. The van der Waals surface area contributed by atoms with E-state index < -0.39 is 0 Å². The fourth-order valence-corrected chi connectivity index (χ4v) is 14.7. The van der Waals surface area contributed by atoms with Crippen LogP contribution in [0, 0.1) is 0 Å². The Morgan fingerprint density at radius 1 is 0.393 bits per heavy atom. The molecule has 3 nitrogen and oxygen atoms in total. The van der Waals surface area contributed by atoms with Gasteiger partial charge in [-0.3, -0.25) is 0 Å². The first-order valence-electron chi connectivity index (χ1n) is 30.4. The summed E-state index contributed by atoms with van der Waals surface area (Å²) < 4.78 is 2.68. The predicted molar refractivity (Wildman–Crippen MR) is 360 cm³/mol. The van der Waals surface area contributed by atoms with E-state index in [-0.39, 0.29) is 21.7 Å². The van der Waals surface area contributed by atoms with Gasteiger partial charge < -0.3 is 14.8 Å². The summed E-state index contributed by atoms with van der Waals surface area (Å²) in [5.41, 5.74) is 27.0. The third-order valence-electron chi connectivity index (χ3n) is 19.7. The molecular weight excluding hydrogens is 1010 g/mol. The van der Waals surface area contributed by atoms with Gasteiger partial charge in [0.25, 0.3) is 0 Å². The van der Waals surface area contributed by atoms with Crippen molar-refractivity contribution in [2.24, 2.45) is 0 Å². The lowest BCUT2D eigenvalue weighted by molar-refractivity contribution is 0.332. The number of hydrogen-bond donors (Lipinski definition) is 1. The zero-order valence-electron chi connectivity index (χ0n) is 49.7. The van der Waals surface area contributed by atoms with Gasteiger partial charge >= 0.3 is 0 Å². The maximum Gasteiger partial charge on any atom is 0.197 e. The second kappa shape index (κ2) is 19.4. The number of anilines is 5. The monoisotopic (exact) mass is 1080 g/mol. The van der Waals surface area contributed by atoms with Crippen LogP contribution < -0.4 is 21.1 Å². The first kappa shape index (κ1) is 52.0. The number of hydrogen-bond acceptors (Lipinski definition) is 2.